The van der Waals surface area contributed by atoms with Crippen molar-refractivity contribution >= 4 is 63.8 Å². The van der Waals surface area contributed by atoms with Crippen molar-refractivity contribution in [3.05, 3.63) is 122 Å². The van der Waals surface area contributed by atoms with Gasteiger partial charge in [-0.05, 0) is 90.5 Å². The fraction of sp³-hybridized carbons (Fsp3) is 0.147. The first-order valence-corrected chi connectivity index (χ1v) is 15.4. The minimum absolute atomic E-state index is 0.162. The molecule has 4 aromatic carbocycles. The van der Waals surface area contributed by atoms with Gasteiger partial charge in [0.2, 0.25) is 0 Å². The quantitative estimate of drug-likeness (QED) is 0.161. The van der Waals surface area contributed by atoms with E-state index in [1.54, 1.807) is 72.7 Å². The molecule has 0 atom stereocenters. The molecule has 8 nitrogen and oxygen atoms in total. The molecular formula is C34H28Cl2N2O6S. The Hall–Kier alpha value is -4.44. The van der Waals surface area contributed by atoms with Crippen LogP contribution in [0.1, 0.15) is 34.0 Å². The van der Waals surface area contributed by atoms with E-state index in [0.29, 0.717) is 55.2 Å². The number of hydrogen-bond donors (Lipinski definition) is 1. The zero-order valence-electron chi connectivity index (χ0n) is 24.3. The molecule has 1 saturated heterocycles. The number of halogens is 2. The van der Waals surface area contributed by atoms with Crippen molar-refractivity contribution in [1.29, 1.82) is 0 Å². The number of carbonyl (C=O) groups excluding carboxylic acids is 1. The number of carboxylic acids is 1. The van der Waals surface area contributed by atoms with Gasteiger partial charge >= 0.3 is 5.97 Å². The summed E-state index contributed by atoms with van der Waals surface area (Å²) in [7, 11) is 1.58. The number of carbonyl (C=O) groups is 2. The smallest absolute Gasteiger partial charge is 0.335 e. The lowest BCUT2D eigenvalue weighted by Gasteiger charge is -2.16. The predicted octanol–water partition coefficient (Wildman–Crippen LogP) is 8.48. The van der Waals surface area contributed by atoms with E-state index in [9.17, 15) is 14.7 Å². The second-order valence-corrected chi connectivity index (χ2v) is 11.6. The van der Waals surface area contributed by atoms with E-state index < -0.39 is 5.97 Å². The van der Waals surface area contributed by atoms with E-state index in [1.807, 2.05) is 25.1 Å². The van der Waals surface area contributed by atoms with Crippen molar-refractivity contribution in [2.45, 2.75) is 20.1 Å². The van der Waals surface area contributed by atoms with Gasteiger partial charge in [0.05, 0.1) is 41.4 Å². The Bertz CT molecular complexity index is 1770. The molecule has 0 unspecified atom stereocenters. The van der Waals surface area contributed by atoms with Crippen molar-refractivity contribution in [2.75, 3.05) is 13.7 Å². The molecule has 1 amide bonds. The summed E-state index contributed by atoms with van der Waals surface area (Å²) in [6.45, 7) is 2.62. The number of aliphatic imine (C=N–C) groups is 1. The summed E-state index contributed by atoms with van der Waals surface area (Å²) in [6.07, 6.45) is 1.73. The van der Waals surface area contributed by atoms with E-state index in [1.165, 1.54) is 23.9 Å². The van der Waals surface area contributed by atoms with E-state index >= 15 is 0 Å². The molecule has 0 saturated carbocycles. The monoisotopic (exact) mass is 662 g/mol. The Morgan fingerprint density at radius 2 is 1.71 bits per heavy atom. The fourth-order valence-electron chi connectivity index (χ4n) is 4.42. The lowest BCUT2D eigenvalue weighted by molar-refractivity contribution is -0.122. The highest BCUT2D eigenvalue weighted by Gasteiger charge is 2.34. The molecule has 230 valence electrons. The molecule has 1 aliphatic rings. The number of benzene rings is 4. The summed E-state index contributed by atoms with van der Waals surface area (Å²) in [4.78, 5) is 31.8. The molecule has 1 aliphatic heterocycles. The maximum Gasteiger partial charge on any atom is 0.335 e. The zero-order chi connectivity index (χ0) is 31.9. The summed E-state index contributed by atoms with van der Waals surface area (Å²) in [5.41, 5.74) is 2.99. The van der Waals surface area contributed by atoms with Gasteiger partial charge in [-0.1, -0.05) is 53.5 Å². The van der Waals surface area contributed by atoms with Gasteiger partial charge in [-0.2, -0.15) is 0 Å². The second kappa shape index (κ2) is 14.6. The van der Waals surface area contributed by atoms with Crippen LogP contribution in [0.15, 0.2) is 94.8 Å². The van der Waals surface area contributed by atoms with Crippen LogP contribution >= 0.6 is 35.0 Å². The molecule has 0 bridgehead atoms. The molecular weight excluding hydrogens is 635 g/mol. The number of carboxylic acid groups (broad SMARTS) is 1. The Balaban J connectivity index is 1.46. The number of aromatic carboxylic acids is 1. The lowest BCUT2D eigenvalue weighted by Crippen LogP contribution is -2.28. The third-order valence-corrected chi connectivity index (χ3v) is 8.34. The minimum atomic E-state index is -1.02. The van der Waals surface area contributed by atoms with Crippen LogP contribution in [0.3, 0.4) is 0 Å². The minimum Gasteiger partial charge on any atom is -0.497 e. The molecule has 11 heteroatoms. The van der Waals surface area contributed by atoms with Gasteiger partial charge in [-0.3, -0.25) is 9.69 Å². The number of hydrogen-bond acceptors (Lipinski definition) is 7. The summed E-state index contributed by atoms with van der Waals surface area (Å²) >= 11 is 14.2. The normalized spacial score (nSPS) is 14.7. The van der Waals surface area contributed by atoms with Gasteiger partial charge in [0.15, 0.2) is 16.7 Å². The van der Waals surface area contributed by atoms with Gasteiger partial charge in [0.25, 0.3) is 5.91 Å². The van der Waals surface area contributed by atoms with E-state index in [4.69, 9.17) is 42.4 Å². The SMILES string of the molecule is CCOc1cc(/C=C2\SC(=Nc3ccc(OC)cc3)N(Cc3ccc(C(=O)O)cc3)C2=O)cc(Cl)c1OCc1ccccc1Cl. The molecule has 5 rings (SSSR count). The summed E-state index contributed by atoms with van der Waals surface area (Å²) in [5, 5.41) is 10.6. The molecule has 1 N–H and O–H groups in total. The highest BCUT2D eigenvalue weighted by Crippen LogP contribution is 2.40. The summed E-state index contributed by atoms with van der Waals surface area (Å²) in [5.74, 6) is 0.210. The van der Waals surface area contributed by atoms with Gasteiger partial charge < -0.3 is 19.3 Å². The molecule has 0 radical (unpaired) electrons. The van der Waals surface area contributed by atoms with Crippen LogP contribution in [0.4, 0.5) is 5.69 Å². The first kappa shape index (κ1) is 32.0. The number of amidine groups is 1. The molecule has 1 heterocycles. The van der Waals surface area contributed by atoms with Gasteiger partial charge in [0, 0.05) is 10.6 Å². The third-order valence-electron chi connectivity index (χ3n) is 6.69. The molecule has 4 aromatic rings. The Morgan fingerprint density at radius 1 is 0.978 bits per heavy atom. The van der Waals surface area contributed by atoms with Gasteiger partial charge in [-0.25, -0.2) is 9.79 Å². The first-order chi connectivity index (χ1) is 21.7. The van der Waals surface area contributed by atoms with Crippen molar-refractivity contribution in [2.24, 2.45) is 4.99 Å². The number of thioether (sulfide) groups is 1. The van der Waals surface area contributed by atoms with Crippen LogP contribution in [0, 0.1) is 0 Å². The number of nitrogens with zero attached hydrogens (tertiary/aromatic N) is 2. The van der Waals surface area contributed by atoms with Crippen molar-refractivity contribution in [3.63, 3.8) is 0 Å². The molecule has 45 heavy (non-hydrogen) atoms. The zero-order valence-corrected chi connectivity index (χ0v) is 26.7. The van der Waals surface area contributed by atoms with Gasteiger partial charge in [-0.15, -0.1) is 0 Å². The topological polar surface area (TPSA) is 97.7 Å². The van der Waals surface area contributed by atoms with Crippen LogP contribution in [-0.2, 0) is 17.9 Å². The number of methoxy groups -OCH3 is 1. The van der Waals surface area contributed by atoms with Crippen LogP contribution in [-0.4, -0.2) is 40.8 Å². The van der Waals surface area contributed by atoms with Crippen LogP contribution in [0.25, 0.3) is 6.08 Å². The Kier molecular flexibility index (Phi) is 10.3. The average Bonchev–Trinajstić information content (AvgIpc) is 3.31. The number of ether oxygens (including phenoxy) is 3. The van der Waals surface area contributed by atoms with E-state index in [0.717, 1.165) is 11.1 Å². The maximum atomic E-state index is 13.8. The summed E-state index contributed by atoms with van der Waals surface area (Å²) in [6, 6.07) is 24.4. The third kappa shape index (κ3) is 7.81. The summed E-state index contributed by atoms with van der Waals surface area (Å²) < 4.78 is 17.1. The van der Waals surface area contributed by atoms with Crippen LogP contribution in [0.5, 0.6) is 17.2 Å². The molecule has 0 aliphatic carbocycles. The van der Waals surface area contributed by atoms with E-state index in [-0.39, 0.29) is 24.6 Å². The number of rotatable bonds is 11. The molecule has 0 spiro atoms. The van der Waals surface area contributed by atoms with Crippen molar-refractivity contribution in [1.82, 2.24) is 4.90 Å². The molecule has 0 aromatic heterocycles. The van der Waals surface area contributed by atoms with Crippen molar-refractivity contribution in [3.8, 4) is 17.2 Å². The van der Waals surface area contributed by atoms with E-state index in [2.05, 4.69) is 0 Å². The fourth-order valence-corrected chi connectivity index (χ4v) is 5.89. The van der Waals surface area contributed by atoms with Gasteiger partial charge in [0.1, 0.15) is 12.4 Å². The first-order valence-electron chi connectivity index (χ1n) is 13.8. The number of amides is 1. The largest absolute Gasteiger partial charge is 0.497 e. The average molecular weight is 664 g/mol. The Morgan fingerprint density at radius 3 is 2.38 bits per heavy atom. The highest BCUT2D eigenvalue weighted by molar-refractivity contribution is 8.18. The van der Waals surface area contributed by atoms with Crippen LogP contribution < -0.4 is 14.2 Å². The Labute approximate surface area is 274 Å². The second-order valence-electron chi connectivity index (χ2n) is 9.74. The molecule has 1 fully saturated rings. The standard InChI is InChI=1S/C34H28Cl2N2O6S/c1-3-43-29-17-22(16-28(36)31(29)44-20-24-6-4-5-7-27(24)35)18-30-32(39)38(19-21-8-10-23(11-9-21)33(40)41)34(45-30)37-25-12-14-26(42-2)15-13-25/h4-18H,3,19-20H2,1-2H3,(H,40,41)/b30-18-,37-34?. The maximum absolute atomic E-state index is 13.8. The van der Waals surface area contributed by atoms with Crippen molar-refractivity contribution < 1.29 is 28.9 Å². The highest BCUT2D eigenvalue weighted by atomic mass is 35.5. The lowest BCUT2D eigenvalue weighted by atomic mass is 10.1. The predicted molar refractivity (Wildman–Crippen MR) is 178 cm³/mol. The van der Waals surface area contributed by atoms with Crippen LogP contribution in [0.2, 0.25) is 10.0 Å².